The van der Waals surface area contributed by atoms with Gasteiger partial charge >= 0.3 is 12.1 Å². The largest absolute Gasteiger partial charge is 0.419 e. The van der Waals surface area contributed by atoms with Gasteiger partial charge in [0.2, 0.25) is 0 Å². The van der Waals surface area contributed by atoms with Gasteiger partial charge in [0.1, 0.15) is 5.70 Å². The molecule has 1 fully saturated rings. The van der Waals surface area contributed by atoms with Gasteiger partial charge in [-0.2, -0.15) is 0 Å². The number of anilines is 1. The molecule has 0 atom stereocenters. The summed E-state index contributed by atoms with van der Waals surface area (Å²) < 4.78 is 7.04. The van der Waals surface area contributed by atoms with E-state index in [1.807, 2.05) is 14.1 Å². The van der Waals surface area contributed by atoms with Crippen molar-refractivity contribution in [3.8, 4) is 0 Å². The summed E-state index contributed by atoms with van der Waals surface area (Å²) >= 11 is 0. The lowest BCUT2D eigenvalue weighted by Crippen LogP contribution is -2.11. The van der Waals surface area contributed by atoms with Crippen LogP contribution in [0, 0.1) is 6.92 Å². The van der Waals surface area contributed by atoms with E-state index in [0.717, 1.165) is 35.2 Å². The number of esters is 1. The molecule has 0 bridgehead atoms. The van der Waals surface area contributed by atoms with Gasteiger partial charge in [-0.15, -0.1) is 0 Å². The first-order valence-corrected chi connectivity index (χ1v) is 11.9. The predicted molar refractivity (Wildman–Crippen MR) is 134 cm³/mol. The molecule has 1 aliphatic rings. The second kappa shape index (κ2) is 9.69. The van der Waals surface area contributed by atoms with Gasteiger partial charge in [0.15, 0.2) is 0 Å². The number of hydrogen-bond acceptors (Lipinski definition) is 4. The van der Waals surface area contributed by atoms with Crippen molar-refractivity contribution in [2.24, 2.45) is 0 Å². The number of unbranched alkanes of at least 4 members (excludes halogenated alkanes) is 5. The first kappa shape index (κ1) is 22.9. The van der Waals surface area contributed by atoms with Crippen LogP contribution in [0.15, 0.2) is 36.0 Å². The van der Waals surface area contributed by atoms with Crippen molar-refractivity contribution in [3.63, 3.8) is 0 Å². The summed E-state index contributed by atoms with van der Waals surface area (Å²) in [5.41, 5.74) is 5.78. The van der Waals surface area contributed by atoms with E-state index in [-0.39, 0.29) is 5.70 Å². The molecule has 33 heavy (non-hydrogen) atoms. The molecule has 6 nitrogen and oxygen atoms in total. The Labute approximate surface area is 195 Å². The van der Waals surface area contributed by atoms with Crippen LogP contribution < -0.4 is 10.2 Å². The first-order valence-electron chi connectivity index (χ1n) is 11.9. The standard InChI is InChI=1S/C27H33N3O3/c1-5-6-7-8-9-10-13-30-24-12-11-20(29(3)4)17-21(24)22-15-19(14-18(2)25(22)30)16-23-26(31)33-27(32)28-23/h11-12,14-17H,5-10,13H2,1-4H3,(H,28,32). The number of nitrogens with one attached hydrogen (secondary N) is 1. The van der Waals surface area contributed by atoms with Crippen molar-refractivity contribution in [2.45, 2.75) is 58.9 Å². The number of fused-ring (bicyclic) bond motifs is 3. The van der Waals surface area contributed by atoms with Gasteiger partial charge in [0.25, 0.3) is 0 Å². The number of alkyl carbamates (subject to hydrolysis) is 1. The van der Waals surface area contributed by atoms with E-state index in [2.05, 4.69) is 63.7 Å². The Morgan fingerprint density at radius 2 is 1.76 bits per heavy atom. The highest BCUT2D eigenvalue weighted by molar-refractivity contribution is 6.11. The zero-order valence-electron chi connectivity index (χ0n) is 20.0. The summed E-state index contributed by atoms with van der Waals surface area (Å²) in [5.74, 6) is -0.641. The van der Waals surface area contributed by atoms with E-state index in [4.69, 9.17) is 0 Å². The van der Waals surface area contributed by atoms with Crippen LogP contribution in [0.25, 0.3) is 27.9 Å². The minimum Gasteiger partial charge on any atom is -0.378 e. The number of aryl methyl sites for hydroxylation is 2. The summed E-state index contributed by atoms with van der Waals surface area (Å²) in [6.45, 7) is 5.34. The quantitative estimate of drug-likeness (QED) is 0.185. The molecule has 0 saturated carbocycles. The Morgan fingerprint density at radius 3 is 2.45 bits per heavy atom. The fourth-order valence-electron chi connectivity index (χ4n) is 4.70. The molecule has 0 spiro atoms. The van der Waals surface area contributed by atoms with E-state index in [9.17, 15) is 9.59 Å². The number of ether oxygens (including phenoxy) is 1. The monoisotopic (exact) mass is 447 g/mol. The molecule has 0 radical (unpaired) electrons. The third kappa shape index (κ3) is 4.75. The molecule has 4 rings (SSSR count). The number of rotatable bonds is 9. The Morgan fingerprint density at radius 1 is 1.00 bits per heavy atom. The second-order valence-electron chi connectivity index (χ2n) is 9.11. The van der Waals surface area contributed by atoms with Gasteiger partial charge in [-0.05, 0) is 60.9 Å². The van der Waals surface area contributed by atoms with E-state index in [0.29, 0.717) is 0 Å². The summed E-state index contributed by atoms with van der Waals surface area (Å²) in [5, 5.41) is 4.83. The van der Waals surface area contributed by atoms with E-state index in [1.165, 1.54) is 48.5 Å². The molecule has 1 saturated heterocycles. The average molecular weight is 448 g/mol. The molecule has 174 valence electrons. The Hall–Kier alpha value is -3.28. The van der Waals surface area contributed by atoms with Crippen LogP contribution >= 0.6 is 0 Å². The predicted octanol–water partition coefficient (Wildman–Crippen LogP) is 6.14. The Bertz CT molecular complexity index is 1240. The number of nitrogens with zero attached hydrogens (tertiary/aromatic N) is 2. The van der Waals surface area contributed by atoms with Crippen LogP contribution in [0.5, 0.6) is 0 Å². The average Bonchev–Trinajstić information content (AvgIpc) is 3.26. The summed E-state index contributed by atoms with van der Waals surface area (Å²) in [4.78, 5) is 25.4. The van der Waals surface area contributed by atoms with Crippen LogP contribution in [-0.4, -0.2) is 30.7 Å². The number of carbonyl (C=O) groups is 2. The van der Waals surface area contributed by atoms with Crippen molar-refractivity contribution < 1.29 is 14.3 Å². The molecule has 3 aromatic rings. The second-order valence-corrected chi connectivity index (χ2v) is 9.11. The van der Waals surface area contributed by atoms with Gasteiger partial charge < -0.3 is 14.2 Å². The van der Waals surface area contributed by atoms with Gasteiger partial charge in [0.05, 0.1) is 5.52 Å². The summed E-state index contributed by atoms with van der Waals surface area (Å²) in [7, 11) is 4.10. The molecule has 2 heterocycles. The van der Waals surface area contributed by atoms with E-state index >= 15 is 0 Å². The molecule has 6 heteroatoms. The Balaban J connectivity index is 1.77. The SMILES string of the molecule is CCCCCCCCn1c2ccc(N(C)C)cc2c2cc(C=C3NC(=O)OC3=O)cc(C)c21. The number of carbonyl (C=O) groups excluding carboxylic acids is 2. The third-order valence-electron chi connectivity index (χ3n) is 6.36. The number of amides is 1. The van der Waals surface area contributed by atoms with Crippen molar-refractivity contribution in [1.82, 2.24) is 9.88 Å². The van der Waals surface area contributed by atoms with Gasteiger partial charge in [-0.3, -0.25) is 5.32 Å². The van der Waals surface area contributed by atoms with Crippen LogP contribution in [0.2, 0.25) is 0 Å². The van der Waals surface area contributed by atoms with Crippen LogP contribution in [0.4, 0.5) is 10.5 Å². The minimum atomic E-state index is -0.727. The Kier molecular flexibility index (Phi) is 6.72. The molecular formula is C27H33N3O3. The minimum absolute atomic E-state index is 0.170. The van der Waals surface area contributed by atoms with Crippen molar-refractivity contribution in [2.75, 3.05) is 19.0 Å². The van der Waals surface area contributed by atoms with Crippen molar-refractivity contribution in [1.29, 1.82) is 0 Å². The fraction of sp³-hybridized carbons (Fsp3) is 0.407. The summed E-state index contributed by atoms with van der Waals surface area (Å²) in [6.07, 6.45) is 8.53. The molecule has 1 N–H and O–H groups in total. The lowest BCUT2D eigenvalue weighted by Gasteiger charge is -2.13. The fourth-order valence-corrected chi connectivity index (χ4v) is 4.70. The van der Waals surface area contributed by atoms with Crippen LogP contribution in [0.1, 0.15) is 56.6 Å². The lowest BCUT2D eigenvalue weighted by molar-refractivity contribution is -0.130. The van der Waals surface area contributed by atoms with Crippen molar-refractivity contribution >= 4 is 45.6 Å². The van der Waals surface area contributed by atoms with Gasteiger partial charge in [0, 0.05) is 42.6 Å². The number of hydrogen-bond donors (Lipinski definition) is 1. The smallest absolute Gasteiger partial charge is 0.378 e. The highest BCUT2D eigenvalue weighted by Crippen LogP contribution is 2.35. The van der Waals surface area contributed by atoms with Crippen molar-refractivity contribution in [3.05, 3.63) is 47.2 Å². The van der Waals surface area contributed by atoms with Gasteiger partial charge in [-0.1, -0.05) is 39.0 Å². The molecule has 1 aromatic heterocycles. The summed E-state index contributed by atoms with van der Waals surface area (Å²) in [6, 6.07) is 10.8. The van der Waals surface area contributed by atoms with Crippen LogP contribution in [0.3, 0.4) is 0 Å². The maximum absolute atomic E-state index is 11.9. The molecule has 0 unspecified atom stereocenters. The third-order valence-corrected chi connectivity index (χ3v) is 6.36. The van der Waals surface area contributed by atoms with E-state index in [1.54, 1.807) is 6.08 Å². The number of aromatic nitrogens is 1. The van der Waals surface area contributed by atoms with E-state index < -0.39 is 12.1 Å². The first-order chi connectivity index (χ1) is 15.9. The number of cyclic esters (lactones) is 2. The van der Waals surface area contributed by atoms with Gasteiger partial charge in [-0.25, -0.2) is 9.59 Å². The van der Waals surface area contributed by atoms with Crippen LogP contribution in [-0.2, 0) is 16.1 Å². The molecular weight excluding hydrogens is 414 g/mol. The number of benzene rings is 2. The highest BCUT2D eigenvalue weighted by atomic mass is 16.6. The topological polar surface area (TPSA) is 63.6 Å². The highest BCUT2D eigenvalue weighted by Gasteiger charge is 2.26. The molecule has 1 aliphatic heterocycles. The molecule has 2 aromatic carbocycles. The normalized spacial score (nSPS) is 15.0. The maximum Gasteiger partial charge on any atom is 0.419 e. The maximum atomic E-state index is 11.9. The lowest BCUT2D eigenvalue weighted by atomic mass is 10.0. The molecule has 0 aliphatic carbocycles. The zero-order chi connectivity index (χ0) is 23.5. The zero-order valence-corrected chi connectivity index (χ0v) is 20.0. The molecule has 1 amide bonds.